The SMILES string of the molecule is CCCCCCCCCCC(C(=O)[O-])C(C)C. The molecule has 0 aromatic rings. The molecule has 0 spiro atoms. The molecule has 2 nitrogen and oxygen atoms in total. The van der Waals surface area contributed by atoms with Gasteiger partial charge in [0.2, 0.25) is 0 Å². The first kappa shape index (κ1) is 16.5. The van der Waals surface area contributed by atoms with E-state index in [9.17, 15) is 9.90 Å². The van der Waals surface area contributed by atoms with Crippen molar-refractivity contribution in [2.24, 2.45) is 11.8 Å². The number of unbranched alkanes of at least 4 members (excludes halogenated alkanes) is 7. The van der Waals surface area contributed by atoms with Gasteiger partial charge in [-0.2, -0.15) is 0 Å². The molecular weight excluding hydrogens is 212 g/mol. The molecule has 0 radical (unpaired) electrons. The summed E-state index contributed by atoms with van der Waals surface area (Å²) in [7, 11) is 0. The van der Waals surface area contributed by atoms with Crippen molar-refractivity contribution in [1.82, 2.24) is 0 Å². The van der Waals surface area contributed by atoms with Crippen molar-refractivity contribution in [3.8, 4) is 0 Å². The second kappa shape index (κ2) is 10.6. The van der Waals surface area contributed by atoms with E-state index in [4.69, 9.17) is 0 Å². The minimum atomic E-state index is -0.872. The summed E-state index contributed by atoms with van der Waals surface area (Å²) in [5.41, 5.74) is 0. The molecule has 2 heteroatoms. The van der Waals surface area contributed by atoms with Gasteiger partial charge in [0.15, 0.2) is 0 Å². The molecule has 0 heterocycles. The smallest absolute Gasteiger partial charge is 0.0447 e. The minimum Gasteiger partial charge on any atom is -0.550 e. The van der Waals surface area contributed by atoms with Crippen LogP contribution in [0.5, 0.6) is 0 Å². The van der Waals surface area contributed by atoms with Gasteiger partial charge in [0.25, 0.3) is 0 Å². The summed E-state index contributed by atoms with van der Waals surface area (Å²) >= 11 is 0. The number of hydrogen-bond acceptors (Lipinski definition) is 2. The highest BCUT2D eigenvalue weighted by Crippen LogP contribution is 2.19. The first-order chi connectivity index (χ1) is 8.09. The van der Waals surface area contributed by atoms with Gasteiger partial charge in [-0.25, -0.2) is 0 Å². The molecule has 1 unspecified atom stereocenters. The zero-order chi connectivity index (χ0) is 13.1. The van der Waals surface area contributed by atoms with E-state index in [-0.39, 0.29) is 11.8 Å². The average Bonchev–Trinajstić information content (AvgIpc) is 2.26. The van der Waals surface area contributed by atoms with Gasteiger partial charge in [-0.1, -0.05) is 72.1 Å². The number of carboxylic acids is 1. The van der Waals surface area contributed by atoms with Gasteiger partial charge in [-0.05, 0) is 12.3 Å². The first-order valence-electron chi connectivity index (χ1n) is 7.30. The molecule has 17 heavy (non-hydrogen) atoms. The van der Waals surface area contributed by atoms with Crippen LogP contribution in [0, 0.1) is 11.8 Å². The summed E-state index contributed by atoms with van der Waals surface area (Å²) in [6.45, 7) is 6.16. The normalized spacial score (nSPS) is 12.9. The lowest BCUT2D eigenvalue weighted by atomic mass is 9.90. The maximum atomic E-state index is 10.9. The Labute approximate surface area is 107 Å². The van der Waals surface area contributed by atoms with Gasteiger partial charge in [-0.3, -0.25) is 0 Å². The Kier molecular flexibility index (Phi) is 10.3. The highest BCUT2D eigenvalue weighted by atomic mass is 16.4. The summed E-state index contributed by atoms with van der Waals surface area (Å²) in [5, 5.41) is 10.9. The van der Waals surface area contributed by atoms with E-state index in [1.165, 1.54) is 44.9 Å². The molecule has 0 aromatic heterocycles. The first-order valence-corrected chi connectivity index (χ1v) is 7.30. The molecule has 0 saturated carbocycles. The number of carbonyl (C=O) groups is 1. The molecule has 0 aromatic carbocycles. The topological polar surface area (TPSA) is 40.1 Å². The summed E-state index contributed by atoms with van der Waals surface area (Å²) in [6.07, 6.45) is 10.9. The van der Waals surface area contributed by atoms with Crippen LogP contribution in [0.3, 0.4) is 0 Å². The van der Waals surface area contributed by atoms with Crippen LogP contribution in [-0.4, -0.2) is 5.97 Å². The van der Waals surface area contributed by atoms with E-state index in [1.807, 2.05) is 13.8 Å². The van der Waals surface area contributed by atoms with Crippen LogP contribution >= 0.6 is 0 Å². The summed E-state index contributed by atoms with van der Waals surface area (Å²) < 4.78 is 0. The van der Waals surface area contributed by atoms with Crippen molar-refractivity contribution in [2.45, 2.75) is 78.6 Å². The van der Waals surface area contributed by atoms with E-state index < -0.39 is 5.97 Å². The zero-order valence-electron chi connectivity index (χ0n) is 11.8. The standard InChI is InChI=1S/C15H30O2/c1-4-5-6-7-8-9-10-11-12-14(13(2)3)15(16)17/h13-14H,4-12H2,1-3H3,(H,16,17)/p-1. The molecule has 1 atom stereocenters. The fraction of sp³-hybridized carbons (Fsp3) is 0.933. The van der Waals surface area contributed by atoms with Crippen LogP contribution in [0.2, 0.25) is 0 Å². The predicted molar refractivity (Wildman–Crippen MR) is 70.6 cm³/mol. The van der Waals surface area contributed by atoms with Crippen molar-refractivity contribution in [3.63, 3.8) is 0 Å². The van der Waals surface area contributed by atoms with Crippen molar-refractivity contribution < 1.29 is 9.90 Å². The highest BCUT2D eigenvalue weighted by Gasteiger charge is 2.13. The minimum absolute atomic E-state index is 0.199. The molecule has 0 aliphatic rings. The predicted octanol–water partition coefficient (Wildman–Crippen LogP) is 3.54. The maximum Gasteiger partial charge on any atom is 0.0447 e. The van der Waals surface area contributed by atoms with Crippen LogP contribution in [0.1, 0.15) is 78.6 Å². The van der Waals surface area contributed by atoms with Crippen LogP contribution < -0.4 is 5.11 Å². The van der Waals surface area contributed by atoms with Crippen LogP contribution in [0.4, 0.5) is 0 Å². The van der Waals surface area contributed by atoms with E-state index >= 15 is 0 Å². The number of carboxylic acid groups (broad SMARTS) is 1. The van der Waals surface area contributed by atoms with Crippen molar-refractivity contribution in [3.05, 3.63) is 0 Å². The Morgan fingerprint density at radius 2 is 1.41 bits per heavy atom. The lowest BCUT2D eigenvalue weighted by molar-refractivity contribution is -0.313. The Balaban J connectivity index is 3.40. The number of rotatable bonds is 11. The Morgan fingerprint density at radius 3 is 1.82 bits per heavy atom. The summed E-state index contributed by atoms with van der Waals surface area (Å²) in [5.74, 6) is -0.928. The van der Waals surface area contributed by atoms with Gasteiger partial charge in [-0.15, -0.1) is 0 Å². The van der Waals surface area contributed by atoms with Gasteiger partial charge in [0, 0.05) is 11.9 Å². The fourth-order valence-corrected chi connectivity index (χ4v) is 2.22. The Hall–Kier alpha value is -0.530. The molecule has 102 valence electrons. The quantitative estimate of drug-likeness (QED) is 0.519. The van der Waals surface area contributed by atoms with Gasteiger partial charge in [0.05, 0.1) is 0 Å². The summed E-state index contributed by atoms with van der Waals surface area (Å²) in [4.78, 5) is 10.9. The van der Waals surface area contributed by atoms with Crippen molar-refractivity contribution >= 4 is 5.97 Å². The van der Waals surface area contributed by atoms with E-state index in [0.29, 0.717) is 0 Å². The number of hydrogen-bond donors (Lipinski definition) is 0. The largest absolute Gasteiger partial charge is 0.550 e. The molecule has 0 fully saturated rings. The number of aliphatic carboxylic acids is 1. The lowest BCUT2D eigenvalue weighted by Gasteiger charge is -2.21. The van der Waals surface area contributed by atoms with Crippen LogP contribution in [0.25, 0.3) is 0 Å². The molecule has 0 amide bonds. The van der Waals surface area contributed by atoms with Gasteiger partial charge >= 0.3 is 0 Å². The lowest BCUT2D eigenvalue weighted by Crippen LogP contribution is -2.34. The molecule has 0 aliphatic carbocycles. The monoisotopic (exact) mass is 241 g/mol. The third-order valence-electron chi connectivity index (χ3n) is 3.48. The van der Waals surface area contributed by atoms with Crippen molar-refractivity contribution in [1.29, 1.82) is 0 Å². The molecule has 0 bridgehead atoms. The fourth-order valence-electron chi connectivity index (χ4n) is 2.22. The van der Waals surface area contributed by atoms with Crippen molar-refractivity contribution in [2.75, 3.05) is 0 Å². The van der Waals surface area contributed by atoms with E-state index in [0.717, 1.165) is 12.8 Å². The Bertz CT molecular complexity index is 187. The molecule has 0 saturated heterocycles. The van der Waals surface area contributed by atoms with Gasteiger partial charge < -0.3 is 9.90 Å². The highest BCUT2D eigenvalue weighted by molar-refractivity contribution is 5.67. The summed E-state index contributed by atoms with van der Waals surface area (Å²) in [6, 6.07) is 0. The van der Waals surface area contributed by atoms with Gasteiger partial charge in [0.1, 0.15) is 0 Å². The maximum absolute atomic E-state index is 10.9. The second-order valence-corrected chi connectivity index (χ2v) is 5.43. The molecular formula is C15H29O2-. The molecule has 0 N–H and O–H groups in total. The zero-order valence-corrected chi connectivity index (χ0v) is 11.8. The van der Waals surface area contributed by atoms with E-state index in [2.05, 4.69) is 6.92 Å². The van der Waals surface area contributed by atoms with Crippen LogP contribution in [0.15, 0.2) is 0 Å². The Morgan fingerprint density at radius 1 is 0.941 bits per heavy atom. The number of carbonyl (C=O) groups excluding carboxylic acids is 1. The third kappa shape index (κ3) is 9.20. The second-order valence-electron chi connectivity index (χ2n) is 5.43. The van der Waals surface area contributed by atoms with E-state index in [1.54, 1.807) is 0 Å². The molecule has 0 aliphatic heterocycles. The average molecular weight is 241 g/mol. The van der Waals surface area contributed by atoms with Crippen LogP contribution in [-0.2, 0) is 4.79 Å². The molecule has 0 rings (SSSR count). The third-order valence-corrected chi connectivity index (χ3v) is 3.48.